The van der Waals surface area contributed by atoms with Crippen molar-refractivity contribution in [3.8, 4) is 6.07 Å². The third-order valence-electron chi connectivity index (χ3n) is 4.39. The molecule has 1 aromatic rings. The minimum absolute atomic E-state index is 0.00103. The SMILES string of the molecule is COCCCNC(=O)CN1CCN(C(=O)/C=C/c2ccccc2C#N)CC1. The van der Waals surface area contributed by atoms with Crippen LogP contribution in [0.2, 0.25) is 0 Å². The number of piperazine rings is 1. The summed E-state index contributed by atoms with van der Waals surface area (Å²) in [6.07, 6.45) is 3.99. The summed E-state index contributed by atoms with van der Waals surface area (Å²) in [5, 5.41) is 12.0. The van der Waals surface area contributed by atoms with Gasteiger partial charge >= 0.3 is 0 Å². The molecule has 2 rings (SSSR count). The molecule has 1 aromatic carbocycles. The van der Waals surface area contributed by atoms with E-state index in [1.165, 1.54) is 6.08 Å². The fourth-order valence-electron chi connectivity index (χ4n) is 2.84. The number of carbonyl (C=O) groups excluding carboxylic acids is 2. The number of amides is 2. The van der Waals surface area contributed by atoms with Gasteiger partial charge in [0.25, 0.3) is 0 Å². The lowest BCUT2D eigenvalue weighted by Crippen LogP contribution is -2.50. The van der Waals surface area contributed by atoms with E-state index in [0.717, 1.165) is 12.0 Å². The summed E-state index contributed by atoms with van der Waals surface area (Å²) in [6.45, 7) is 4.09. The summed E-state index contributed by atoms with van der Waals surface area (Å²) in [6, 6.07) is 9.29. The first-order valence-electron chi connectivity index (χ1n) is 9.08. The second-order valence-corrected chi connectivity index (χ2v) is 6.33. The van der Waals surface area contributed by atoms with Crippen LogP contribution in [0.25, 0.3) is 6.08 Å². The maximum atomic E-state index is 12.3. The third kappa shape index (κ3) is 6.85. The Morgan fingerprint density at radius 3 is 2.70 bits per heavy atom. The largest absolute Gasteiger partial charge is 0.385 e. The molecule has 7 nitrogen and oxygen atoms in total. The summed E-state index contributed by atoms with van der Waals surface area (Å²) < 4.78 is 4.95. The highest BCUT2D eigenvalue weighted by Gasteiger charge is 2.21. The predicted octanol–water partition coefficient (Wildman–Crippen LogP) is 0.868. The van der Waals surface area contributed by atoms with Gasteiger partial charge in [0, 0.05) is 52.5 Å². The van der Waals surface area contributed by atoms with Gasteiger partial charge in [-0.15, -0.1) is 0 Å². The van der Waals surface area contributed by atoms with E-state index < -0.39 is 0 Å². The number of hydrogen-bond donors (Lipinski definition) is 1. The fourth-order valence-corrected chi connectivity index (χ4v) is 2.84. The van der Waals surface area contributed by atoms with Crippen LogP contribution in [0.3, 0.4) is 0 Å². The Hall–Kier alpha value is -2.69. The van der Waals surface area contributed by atoms with Crippen molar-refractivity contribution in [2.45, 2.75) is 6.42 Å². The molecule has 1 saturated heterocycles. The van der Waals surface area contributed by atoms with Gasteiger partial charge in [-0.1, -0.05) is 18.2 Å². The average molecular weight is 370 g/mol. The summed E-state index contributed by atoms with van der Waals surface area (Å²) >= 11 is 0. The number of benzene rings is 1. The van der Waals surface area contributed by atoms with Crippen LogP contribution in [-0.2, 0) is 14.3 Å². The van der Waals surface area contributed by atoms with E-state index in [-0.39, 0.29) is 11.8 Å². The Morgan fingerprint density at radius 1 is 1.26 bits per heavy atom. The molecular weight excluding hydrogens is 344 g/mol. The summed E-state index contributed by atoms with van der Waals surface area (Å²) in [4.78, 5) is 28.1. The van der Waals surface area contributed by atoms with E-state index in [1.54, 1.807) is 30.2 Å². The maximum absolute atomic E-state index is 12.3. The Balaban J connectivity index is 1.75. The van der Waals surface area contributed by atoms with Gasteiger partial charge in [-0.25, -0.2) is 0 Å². The van der Waals surface area contributed by atoms with E-state index >= 15 is 0 Å². The zero-order valence-electron chi connectivity index (χ0n) is 15.7. The number of nitrogens with zero attached hydrogens (tertiary/aromatic N) is 3. The first-order chi connectivity index (χ1) is 13.1. The van der Waals surface area contributed by atoms with Gasteiger partial charge in [-0.3, -0.25) is 14.5 Å². The van der Waals surface area contributed by atoms with E-state index in [0.29, 0.717) is 51.4 Å². The normalized spacial score (nSPS) is 14.9. The van der Waals surface area contributed by atoms with Crippen molar-refractivity contribution < 1.29 is 14.3 Å². The molecule has 0 aromatic heterocycles. The number of ether oxygens (including phenoxy) is 1. The highest BCUT2D eigenvalue weighted by atomic mass is 16.5. The molecule has 2 amide bonds. The highest BCUT2D eigenvalue weighted by Crippen LogP contribution is 2.10. The van der Waals surface area contributed by atoms with Gasteiger partial charge in [0.15, 0.2) is 0 Å². The first kappa shape index (κ1) is 20.6. The summed E-state index contributed by atoms with van der Waals surface area (Å²) in [5.41, 5.74) is 1.28. The predicted molar refractivity (Wildman–Crippen MR) is 103 cm³/mol. The van der Waals surface area contributed by atoms with Crippen molar-refractivity contribution in [3.05, 3.63) is 41.5 Å². The van der Waals surface area contributed by atoms with Crippen LogP contribution < -0.4 is 5.32 Å². The number of methoxy groups -OCH3 is 1. The van der Waals surface area contributed by atoms with Crippen LogP contribution in [0.4, 0.5) is 0 Å². The van der Waals surface area contributed by atoms with Crippen molar-refractivity contribution in [2.24, 2.45) is 0 Å². The minimum atomic E-state index is -0.0774. The van der Waals surface area contributed by atoms with Crippen LogP contribution in [-0.4, -0.2) is 74.6 Å². The zero-order chi connectivity index (χ0) is 19.5. The molecule has 1 N–H and O–H groups in total. The summed E-state index contributed by atoms with van der Waals surface area (Å²) in [5.74, 6) is -0.0784. The molecule has 1 aliphatic rings. The van der Waals surface area contributed by atoms with Crippen LogP contribution in [0.5, 0.6) is 0 Å². The Bertz CT molecular complexity index is 703. The van der Waals surface area contributed by atoms with Crippen LogP contribution in [0, 0.1) is 11.3 Å². The Morgan fingerprint density at radius 2 is 2.00 bits per heavy atom. The quantitative estimate of drug-likeness (QED) is 0.542. The van der Waals surface area contributed by atoms with Crippen molar-refractivity contribution in [1.29, 1.82) is 5.26 Å². The number of hydrogen-bond acceptors (Lipinski definition) is 5. The lowest BCUT2D eigenvalue weighted by molar-refractivity contribution is -0.128. The molecule has 0 unspecified atom stereocenters. The van der Waals surface area contributed by atoms with Gasteiger partial charge < -0.3 is 15.0 Å². The molecule has 0 saturated carbocycles. The third-order valence-corrected chi connectivity index (χ3v) is 4.39. The van der Waals surface area contributed by atoms with Crippen LogP contribution in [0.1, 0.15) is 17.5 Å². The van der Waals surface area contributed by atoms with Gasteiger partial charge in [0.05, 0.1) is 18.2 Å². The molecule has 1 aliphatic heterocycles. The smallest absolute Gasteiger partial charge is 0.246 e. The highest BCUT2D eigenvalue weighted by molar-refractivity contribution is 5.92. The molecule has 144 valence electrons. The van der Waals surface area contributed by atoms with Gasteiger partial charge in [0.2, 0.25) is 11.8 Å². The van der Waals surface area contributed by atoms with Crippen molar-refractivity contribution in [3.63, 3.8) is 0 Å². The number of rotatable bonds is 8. The maximum Gasteiger partial charge on any atom is 0.246 e. The molecule has 0 atom stereocenters. The lowest BCUT2D eigenvalue weighted by atomic mass is 10.1. The zero-order valence-corrected chi connectivity index (χ0v) is 15.7. The van der Waals surface area contributed by atoms with E-state index in [4.69, 9.17) is 10.00 Å². The monoisotopic (exact) mass is 370 g/mol. The summed E-state index contributed by atoms with van der Waals surface area (Å²) in [7, 11) is 1.64. The molecule has 0 aliphatic carbocycles. The lowest BCUT2D eigenvalue weighted by Gasteiger charge is -2.33. The molecule has 27 heavy (non-hydrogen) atoms. The van der Waals surface area contributed by atoms with E-state index in [2.05, 4.69) is 11.4 Å². The molecule has 0 radical (unpaired) electrons. The molecule has 7 heteroatoms. The minimum Gasteiger partial charge on any atom is -0.385 e. The number of nitriles is 1. The standard InChI is InChI=1S/C20H26N4O3/c1-27-14-4-9-22-19(25)16-23-10-12-24(13-11-23)20(26)8-7-17-5-2-3-6-18(17)15-21/h2-3,5-8H,4,9-14,16H2,1H3,(H,22,25)/b8-7+. The van der Waals surface area contributed by atoms with Gasteiger partial charge in [-0.2, -0.15) is 5.26 Å². The second kappa shape index (κ2) is 11.1. The molecular formula is C20H26N4O3. The van der Waals surface area contributed by atoms with Gasteiger partial charge in [0.1, 0.15) is 0 Å². The van der Waals surface area contributed by atoms with E-state index in [9.17, 15) is 9.59 Å². The van der Waals surface area contributed by atoms with Crippen molar-refractivity contribution in [2.75, 3.05) is 53.0 Å². The topological polar surface area (TPSA) is 85.7 Å². The first-order valence-corrected chi connectivity index (χ1v) is 9.08. The average Bonchev–Trinajstić information content (AvgIpc) is 2.70. The van der Waals surface area contributed by atoms with Crippen LogP contribution >= 0.6 is 0 Å². The molecule has 0 spiro atoms. The number of nitrogens with one attached hydrogen (secondary N) is 1. The molecule has 0 bridgehead atoms. The van der Waals surface area contributed by atoms with E-state index in [1.807, 2.05) is 17.0 Å². The number of carbonyl (C=O) groups is 2. The second-order valence-electron chi connectivity index (χ2n) is 6.33. The Kier molecular flexibility index (Phi) is 8.49. The van der Waals surface area contributed by atoms with Crippen LogP contribution in [0.15, 0.2) is 30.3 Å². The van der Waals surface area contributed by atoms with Crippen molar-refractivity contribution in [1.82, 2.24) is 15.1 Å². The Labute approximate surface area is 160 Å². The van der Waals surface area contributed by atoms with Gasteiger partial charge in [-0.05, 0) is 24.1 Å². The molecule has 1 fully saturated rings. The fraction of sp³-hybridized carbons (Fsp3) is 0.450. The van der Waals surface area contributed by atoms with Crippen molar-refractivity contribution >= 4 is 17.9 Å². The molecule has 1 heterocycles.